The minimum absolute atomic E-state index is 0.258. The Morgan fingerprint density at radius 1 is 0.657 bits per heavy atom. The van der Waals surface area contributed by atoms with Crippen molar-refractivity contribution in [1.82, 2.24) is 0 Å². The molecule has 0 radical (unpaired) electrons. The second-order valence-corrected chi connectivity index (χ2v) is 8.29. The van der Waals surface area contributed by atoms with Gasteiger partial charge in [0.25, 0.3) is 0 Å². The first-order chi connectivity index (χ1) is 17.1. The SMILES string of the molecule is COc1ccc(C(OCc2cc(CN)cc(CF)c2)(c2ccccc2)c2ccc(OC)cc2)cc1. The van der Waals surface area contributed by atoms with Gasteiger partial charge in [0.05, 0.1) is 20.8 Å². The first-order valence-electron chi connectivity index (χ1n) is 11.5. The summed E-state index contributed by atoms with van der Waals surface area (Å²) < 4.78 is 31.2. The van der Waals surface area contributed by atoms with E-state index in [1.165, 1.54) is 0 Å². The molecule has 0 aliphatic rings. The molecule has 0 aliphatic carbocycles. The van der Waals surface area contributed by atoms with Gasteiger partial charge in [-0.2, -0.15) is 0 Å². The van der Waals surface area contributed by atoms with Crippen LogP contribution in [0.1, 0.15) is 33.4 Å². The third kappa shape index (κ3) is 5.21. The highest BCUT2D eigenvalue weighted by Crippen LogP contribution is 2.42. The van der Waals surface area contributed by atoms with E-state index >= 15 is 0 Å². The van der Waals surface area contributed by atoms with Crippen LogP contribution in [0, 0.1) is 0 Å². The summed E-state index contributed by atoms with van der Waals surface area (Å²) in [5.74, 6) is 1.52. The minimum atomic E-state index is -0.936. The molecule has 0 fully saturated rings. The molecule has 180 valence electrons. The van der Waals surface area contributed by atoms with E-state index in [2.05, 4.69) is 12.1 Å². The molecule has 4 aromatic carbocycles. The molecule has 0 amide bonds. The van der Waals surface area contributed by atoms with Crippen molar-refractivity contribution in [3.05, 3.63) is 130 Å². The number of methoxy groups -OCH3 is 2. The molecule has 0 saturated heterocycles. The summed E-state index contributed by atoms with van der Waals surface area (Å²) in [6.07, 6.45) is 0. The van der Waals surface area contributed by atoms with Gasteiger partial charge in [-0.15, -0.1) is 0 Å². The van der Waals surface area contributed by atoms with Crippen LogP contribution in [0.2, 0.25) is 0 Å². The zero-order valence-corrected chi connectivity index (χ0v) is 20.0. The van der Waals surface area contributed by atoms with Gasteiger partial charge in [0.2, 0.25) is 0 Å². The number of alkyl halides is 1. The van der Waals surface area contributed by atoms with E-state index in [-0.39, 0.29) is 6.61 Å². The van der Waals surface area contributed by atoms with Gasteiger partial charge in [-0.05, 0) is 57.6 Å². The number of rotatable bonds is 10. The maximum Gasteiger partial charge on any atom is 0.144 e. The number of ether oxygens (including phenoxy) is 3. The first kappa shape index (κ1) is 24.5. The fraction of sp³-hybridized carbons (Fsp3) is 0.200. The molecule has 4 rings (SSSR count). The predicted octanol–water partition coefficient (Wildman–Crippen LogP) is 6.14. The van der Waals surface area contributed by atoms with Gasteiger partial charge in [0, 0.05) is 6.54 Å². The quantitative estimate of drug-likeness (QED) is 0.282. The zero-order valence-electron chi connectivity index (χ0n) is 20.0. The Morgan fingerprint density at radius 3 is 1.63 bits per heavy atom. The van der Waals surface area contributed by atoms with Crippen LogP contribution in [0.4, 0.5) is 4.39 Å². The van der Waals surface area contributed by atoms with Crippen molar-refractivity contribution in [2.75, 3.05) is 14.2 Å². The summed E-state index contributed by atoms with van der Waals surface area (Å²) in [5, 5.41) is 0. The summed E-state index contributed by atoms with van der Waals surface area (Å²) >= 11 is 0. The zero-order chi connectivity index (χ0) is 24.7. The van der Waals surface area contributed by atoms with E-state index in [1.54, 1.807) is 20.3 Å². The van der Waals surface area contributed by atoms with Crippen LogP contribution in [-0.2, 0) is 30.2 Å². The second-order valence-electron chi connectivity index (χ2n) is 8.29. The van der Waals surface area contributed by atoms with E-state index in [1.807, 2.05) is 78.9 Å². The van der Waals surface area contributed by atoms with Gasteiger partial charge >= 0.3 is 0 Å². The average molecular weight is 472 g/mol. The van der Waals surface area contributed by atoms with E-state index in [0.717, 1.165) is 39.3 Å². The van der Waals surface area contributed by atoms with Gasteiger partial charge in [-0.3, -0.25) is 0 Å². The molecule has 0 aliphatic heterocycles. The molecule has 2 N–H and O–H groups in total. The van der Waals surface area contributed by atoms with E-state index < -0.39 is 12.3 Å². The van der Waals surface area contributed by atoms with Crippen molar-refractivity contribution >= 4 is 0 Å². The van der Waals surface area contributed by atoms with Crippen LogP contribution >= 0.6 is 0 Å². The molecule has 35 heavy (non-hydrogen) atoms. The molecule has 5 heteroatoms. The maximum atomic E-state index is 13.5. The lowest BCUT2D eigenvalue weighted by Crippen LogP contribution is -2.32. The lowest BCUT2D eigenvalue weighted by Gasteiger charge is -2.36. The highest BCUT2D eigenvalue weighted by molar-refractivity contribution is 5.50. The van der Waals surface area contributed by atoms with E-state index in [0.29, 0.717) is 12.1 Å². The summed E-state index contributed by atoms with van der Waals surface area (Å²) in [4.78, 5) is 0. The number of nitrogens with two attached hydrogens (primary N) is 1. The third-order valence-electron chi connectivity index (χ3n) is 6.13. The Kier molecular flexibility index (Phi) is 7.80. The molecule has 0 saturated carbocycles. The highest BCUT2D eigenvalue weighted by atomic mass is 19.1. The molecule has 0 unspecified atom stereocenters. The topological polar surface area (TPSA) is 53.7 Å². The van der Waals surface area contributed by atoms with Crippen molar-refractivity contribution in [3.63, 3.8) is 0 Å². The normalized spacial score (nSPS) is 11.3. The monoisotopic (exact) mass is 471 g/mol. The molecule has 0 spiro atoms. The number of hydrogen-bond donors (Lipinski definition) is 1. The van der Waals surface area contributed by atoms with Gasteiger partial charge in [-0.1, -0.05) is 72.8 Å². The number of benzene rings is 4. The smallest absolute Gasteiger partial charge is 0.144 e. The molecule has 4 aromatic rings. The van der Waals surface area contributed by atoms with Crippen LogP contribution in [0.3, 0.4) is 0 Å². The number of halogens is 1. The Morgan fingerprint density at radius 2 is 1.14 bits per heavy atom. The lowest BCUT2D eigenvalue weighted by atomic mass is 9.80. The number of hydrogen-bond acceptors (Lipinski definition) is 4. The predicted molar refractivity (Wildman–Crippen MR) is 136 cm³/mol. The maximum absolute atomic E-state index is 13.5. The Hall–Kier alpha value is -3.67. The molecular formula is C30H30FNO3. The summed E-state index contributed by atoms with van der Waals surface area (Å²) in [6.45, 7) is 0.0387. The van der Waals surface area contributed by atoms with Crippen LogP contribution in [0.5, 0.6) is 11.5 Å². The fourth-order valence-electron chi connectivity index (χ4n) is 4.38. The van der Waals surface area contributed by atoms with Crippen LogP contribution in [0.15, 0.2) is 97.1 Å². The van der Waals surface area contributed by atoms with Crippen LogP contribution in [0.25, 0.3) is 0 Å². The summed E-state index contributed by atoms with van der Waals surface area (Å²) in [6, 6.07) is 31.4. The van der Waals surface area contributed by atoms with Crippen LogP contribution in [-0.4, -0.2) is 14.2 Å². The largest absolute Gasteiger partial charge is 0.497 e. The Labute approximate surface area is 206 Å². The van der Waals surface area contributed by atoms with Crippen molar-refractivity contribution in [1.29, 1.82) is 0 Å². The molecule has 4 nitrogen and oxygen atoms in total. The fourth-order valence-corrected chi connectivity index (χ4v) is 4.38. The minimum Gasteiger partial charge on any atom is -0.497 e. The molecule has 0 heterocycles. The standard InChI is InChI=1S/C30H30FNO3/c1-33-28-12-8-26(9-13-28)30(25-6-4-3-5-7-25,27-10-14-29(34-2)15-11-27)35-21-24-17-22(19-31)16-23(18-24)20-32/h3-18H,19-21,32H2,1-2H3. The molecule has 0 bridgehead atoms. The molecule has 0 aromatic heterocycles. The second kappa shape index (κ2) is 11.2. The van der Waals surface area contributed by atoms with Gasteiger partial charge < -0.3 is 19.9 Å². The van der Waals surface area contributed by atoms with E-state index in [9.17, 15) is 4.39 Å². The lowest BCUT2D eigenvalue weighted by molar-refractivity contribution is 0.000131. The van der Waals surface area contributed by atoms with E-state index in [4.69, 9.17) is 19.9 Å². The van der Waals surface area contributed by atoms with Crippen molar-refractivity contribution in [2.45, 2.75) is 25.4 Å². The first-order valence-corrected chi connectivity index (χ1v) is 11.5. The van der Waals surface area contributed by atoms with Crippen molar-refractivity contribution in [2.24, 2.45) is 5.73 Å². The van der Waals surface area contributed by atoms with Gasteiger partial charge in [-0.25, -0.2) is 4.39 Å². The summed E-state index contributed by atoms with van der Waals surface area (Å²) in [5.41, 5.74) is 10.1. The van der Waals surface area contributed by atoms with Gasteiger partial charge in [0.15, 0.2) is 0 Å². The van der Waals surface area contributed by atoms with Gasteiger partial charge in [0.1, 0.15) is 23.8 Å². The summed E-state index contributed by atoms with van der Waals surface area (Å²) in [7, 11) is 3.29. The Balaban J connectivity index is 1.88. The molecular weight excluding hydrogens is 441 g/mol. The van der Waals surface area contributed by atoms with Crippen molar-refractivity contribution in [3.8, 4) is 11.5 Å². The average Bonchev–Trinajstić information content (AvgIpc) is 2.94. The van der Waals surface area contributed by atoms with Crippen molar-refractivity contribution < 1.29 is 18.6 Å². The molecule has 0 atom stereocenters. The third-order valence-corrected chi connectivity index (χ3v) is 6.13. The highest BCUT2D eigenvalue weighted by Gasteiger charge is 2.38. The van der Waals surface area contributed by atoms with Crippen LogP contribution < -0.4 is 15.2 Å². The Bertz CT molecular complexity index is 1160.